The first kappa shape index (κ1) is 14.7. The summed E-state index contributed by atoms with van der Waals surface area (Å²) in [5, 5.41) is 0. The molecule has 2 amide bonds. The second-order valence-corrected chi connectivity index (χ2v) is 5.91. The third-order valence-electron chi connectivity index (χ3n) is 3.13. The number of carbonyl (C=O) groups is 2. The van der Waals surface area contributed by atoms with Gasteiger partial charge in [-0.05, 0) is 20.8 Å². The fourth-order valence-corrected chi connectivity index (χ4v) is 2.07. The summed E-state index contributed by atoms with van der Waals surface area (Å²) < 4.78 is 31.7. The van der Waals surface area contributed by atoms with Gasteiger partial charge in [0.1, 0.15) is 11.6 Å². The number of ether oxygens (including phenoxy) is 1. The van der Waals surface area contributed by atoms with Crippen LogP contribution in [0.15, 0.2) is 12.2 Å². The fraction of sp³-hybridized carbons (Fsp3) is 0.692. The van der Waals surface area contributed by atoms with E-state index in [1.54, 1.807) is 26.8 Å². The molecule has 0 aromatic rings. The quantitative estimate of drug-likeness (QED) is 0.547. The van der Waals surface area contributed by atoms with Crippen molar-refractivity contribution < 1.29 is 23.1 Å². The standard InChI is InChI=1S/C13H18F2N2O3/c1-12(2,3)20-11(19)16-7-4-5-9(16)10(18)17-8-6-13(17,14)15/h4-5,9H,6-8H2,1-3H3. The zero-order chi connectivity index (χ0) is 15.1. The monoisotopic (exact) mass is 288 g/mol. The molecular weight excluding hydrogens is 270 g/mol. The Balaban J connectivity index is 2.05. The van der Waals surface area contributed by atoms with Crippen LogP contribution in [0.3, 0.4) is 0 Å². The minimum atomic E-state index is -3.10. The lowest BCUT2D eigenvalue weighted by atomic mass is 10.1. The van der Waals surface area contributed by atoms with Crippen molar-refractivity contribution in [1.82, 2.24) is 9.80 Å². The van der Waals surface area contributed by atoms with Gasteiger partial charge < -0.3 is 4.74 Å². The van der Waals surface area contributed by atoms with E-state index >= 15 is 0 Å². The minimum Gasteiger partial charge on any atom is -0.444 e. The lowest BCUT2D eigenvalue weighted by Crippen LogP contribution is -2.61. The Kier molecular flexibility index (Phi) is 3.47. The van der Waals surface area contributed by atoms with Crippen LogP contribution < -0.4 is 0 Å². The Labute approximate surface area is 116 Å². The SMILES string of the molecule is CC(C)(C)OC(=O)N1CC=CC1C(=O)N1CCC1(F)F. The predicted molar refractivity (Wildman–Crippen MR) is 67.1 cm³/mol. The normalized spacial score (nSPS) is 24.6. The number of hydrogen-bond acceptors (Lipinski definition) is 3. The maximum Gasteiger partial charge on any atom is 0.411 e. The van der Waals surface area contributed by atoms with Gasteiger partial charge in [0.15, 0.2) is 0 Å². The van der Waals surface area contributed by atoms with Crippen LogP contribution >= 0.6 is 0 Å². The zero-order valence-corrected chi connectivity index (χ0v) is 11.7. The molecule has 1 atom stereocenters. The van der Waals surface area contributed by atoms with Crippen molar-refractivity contribution in [2.45, 2.75) is 44.9 Å². The molecule has 112 valence electrons. The van der Waals surface area contributed by atoms with Gasteiger partial charge in [-0.25, -0.2) is 4.79 Å². The van der Waals surface area contributed by atoms with E-state index in [4.69, 9.17) is 4.74 Å². The number of alkyl halides is 2. The predicted octanol–water partition coefficient (Wildman–Crippen LogP) is 1.99. The minimum absolute atomic E-state index is 0.0122. The topological polar surface area (TPSA) is 49.9 Å². The molecule has 20 heavy (non-hydrogen) atoms. The number of amides is 2. The Hall–Kier alpha value is -1.66. The maximum atomic E-state index is 13.3. The number of halogens is 2. The zero-order valence-electron chi connectivity index (χ0n) is 11.7. The highest BCUT2D eigenvalue weighted by atomic mass is 19.3. The highest BCUT2D eigenvalue weighted by Gasteiger charge is 2.51. The number of carbonyl (C=O) groups excluding carboxylic acids is 2. The summed E-state index contributed by atoms with van der Waals surface area (Å²) in [6, 6.07) is -4.11. The van der Waals surface area contributed by atoms with Gasteiger partial charge in [0.25, 0.3) is 5.91 Å². The summed E-state index contributed by atoms with van der Waals surface area (Å²) in [6.45, 7) is 5.31. The number of nitrogens with zero attached hydrogens (tertiary/aromatic N) is 2. The third-order valence-corrected chi connectivity index (χ3v) is 3.13. The number of likely N-dealkylation sites (tertiary alicyclic amines) is 1. The van der Waals surface area contributed by atoms with Crippen molar-refractivity contribution in [2.24, 2.45) is 0 Å². The largest absolute Gasteiger partial charge is 0.444 e. The van der Waals surface area contributed by atoms with E-state index in [0.29, 0.717) is 4.90 Å². The van der Waals surface area contributed by atoms with Crippen molar-refractivity contribution in [1.29, 1.82) is 0 Å². The molecule has 2 rings (SSSR count). The van der Waals surface area contributed by atoms with Gasteiger partial charge in [0.05, 0.1) is 0 Å². The van der Waals surface area contributed by atoms with Gasteiger partial charge in [-0.15, -0.1) is 0 Å². The Morgan fingerprint density at radius 2 is 2.00 bits per heavy atom. The van der Waals surface area contributed by atoms with Crippen LogP contribution in [-0.2, 0) is 9.53 Å². The molecular formula is C13H18F2N2O3. The highest BCUT2D eigenvalue weighted by Crippen LogP contribution is 2.35. The van der Waals surface area contributed by atoms with Crippen LogP contribution in [0.1, 0.15) is 27.2 Å². The van der Waals surface area contributed by atoms with Gasteiger partial charge >= 0.3 is 12.1 Å². The van der Waals surface area contributed by atoms with E-state index in [1.165, 1.54) is 6.08 Å². The summed E-state index contributed by atoms with van der Waals surface area (Å²) in [7, 11) is 0. The van der Waals surface area contributed by atoms with Crippen molar-refractivity contribution in [3.63, 3.8) is 0 Å². The molecule has 2 aliphatic rings. The van der Waals surface area contributed by atoms with Crippen LogP contribution in [0.5, 0.6) is 0 Å². The molecule has 0 aromatic heterocycles. The van der Waals surface area contributed by atoms with Gasteiger partial charge in [0.2, 0.25) is 0 Å². The smallest absolute Gasteiger partial charge is 0.411 e. The van der Waals surface area contributed by atoms with E-state index in [0.717, 1.165) is 4.90 Å². The lowest BCUT2D eigenvalue weighted by Gasteiger charge is -2.42. The molecule has 1 fully saturated rings. The second-order valence-electron chi connectivity index (χ2n) is 5.91. The van der Waals surface area contributed by atoms with Crippen molar-refractivity contribution in [3.05, 3.63) is 12.2 Å². The Bertz CT molecular complexity index is 457. The van der Waals surface area contributed by atoms with E-state index < -0.39 is 29.7 Å². The van der Waals surface area contributed by atoms with Crippen molar-refractivity contribution in [3.8, 4) is 0 Å². The molecule has 1 saturated heterocycles. The van der Waals surface area contributed by atoms with E-state index in [2.05, 4.69) is 0 Å². The molecule has 0 aliphatic carbocycles. The van der Waals surface area contributed by atoms with E-state index in [-0.39, 0.29) is 19.5 Å². The molecule has 0 radical (unpaired) electrons. The summed E-state index contributed by atoms with van der Waals surface area (Å²) in [5.74, 6) is -0.763. The lowest BCUT2D eigenvalue weighted by molar-refractivity contribution is -0.219. The van der Waals surface area contributed by atoms with E-state index in [9.17, 15) is 18.4 Å². The van der Waals surface area contributed by atoms with Gasteiger partial charge in [0, 0.05) is 19.5 Å². The molecule has 2 heterocycles. The van der Waals surface area contributed by atoms with Crippen LogP contribution in [0.4, 0.5) is 13.6 Å². The first-order valence-electron chi connectivity index (χ1n) is 6.47. The summed E-state index contributed by atoms with van der Waals surface area (Å²) >= 11 is 0. The van der Waals surface area contributed by atoms with Crippen LogP contribution in [0, 0.1) is 0 Å². The average molecular weight is 288 g/mol. The van der Waals surface area contributed by atoms with Gasteiger partial charge in [-0.3, -0.25) is 14.6 Å². The molecule has 7 heteroatoms. The van der Waals surface area contributed by atoms with Gasteiger partial charge in [-0.1, -0.05) is 12.2 Å². The average Bonchev–Trinajstić information content (AvgIpc) is 2.74. The molecule has 1 unspecified atom stereocenters. The molecule has 0 N–H and O–H groups in total. The van der Waals surface area contributed by atoms with Crippen LogP contribution in [0.25, 0.3) is 0 Å². The first-order chi connectivity index (χ1) is 9.12. The third kappa shape index (κ3) is 2.76. The second kappa shape index (κ2) is 4.71. The molecule has 0 saturated carbocycles. The molecule has 0 aromatic carbocycles. The fourth-order valence-electron chi connectivity index (χ4n) is 2.07. The molecule has 0 bridgehead atoms. The van der Waals surface area contributed by atoms with Crippen molar-refractivity contribution in [2.75, 3.05) is 13.1 Å². The summed E-state index contributed by atoms with van der Waals surface area (Å²) in [4.78, 5) is 25.7. The van der Waals surface area contributed by atoms with E-state index in [1.807, 2.05) is 0 Å². The number of rotatable bonds is 1. The molecule has 0 spiro atoms. The van der Waals surface area contributed by atoms with Gasteiger partial charge in [-0.2, -0.15) is 8.78 Å². The van der Waals surface area contributed by atoms with Crippen LogP contribution in [-0.4, -0.2) is 52.6 Å². The van der Waals surface area contributed by atoms with Crippen LogP contribution in [0.2, 0.25) is 0 Å². The molecule has 2 aliphatic heterocycles. The number of hydrogen-bond donors (Lipinski definition) is 0. The Morgan fingerprint density at radius 1 is 1.35 bits per heavy atom. The Morgan fingerprint density at radius 3 is 2.45 bits per heavy atom. The summed E-state index contributed by atoms with van der Waals surface area (Å²) in [6.07, 6.45) is 2.05. The molecule has 5 nitrogen and oxygen atoms in total. The first-order valence-corrected chi connectivity index (χ1v) is 6.47. The summed E-state index contributed by atoms with van der Waals surface area (Å²) in [5.41, 5.74) is -0.700. The maximum absolute atomic E-state index is 13.3. The highest BCUT2D eigenvalue weighted by molar-refractivity contribution is 5.89. The van der Waals surface area contributed by atoms with Crippen molar-refractivity contribution >= 4 is 12.0 Å².